The van der Waals surface area contributed by atoms with Crippen LogP contribution < -0.4 is 15.4 Å². The van der Waals surface area contributed by atoms with E-state index < -0.39 is 24.2 Å². The minimum Gasteiger partial charge on any atom is -0.497 e. The van der Waals surface area contributed by atoms with E-state index in [1.54, 1.807) is 24.3 Å². The fraction of sp³-hybridized carbons (Fsp3) is 0.524. The van der Waals surface area contributed by atoms with Crippen molar-refractivity contribution in [1.82, 2.24) is 15.1 Å². The predicted octanol–water partition coefficient (Wildman–Crippen LogP) is 5.27. The number of nitrogens with zero attached hydrogens (tertiary/aromatic N) is 2. The molecule has 2 N–H and O–H groups in total. The van der Waals surface area contributed by atoms with Gasteiger partial charge in [0.1, 0.15) is 16.6 Å². The number of carbonyl (C=O) groups is 1. The van der Waals surface area contributed by atoms with Crippen LogP contribution in [0.5, 0.6) is 5.75 Å². The molecule has 0 unspecified atom stereocenters. The summed E-state index contributed by atoms with van der Waals surface area (Å²) in [4.78, 5) is 12.7. The third-order valence-electron chi connectivity index (χ3n) is 5.97. The third kappa shape index (κ3) is 4.46. The Labute approximate surface area is 183 Å². The number of aromatic nitrogens is 2. The molecule has 0 radical (unpaired) electrons. The third-order valence-corrected chi connectivity index (χ3v) is 6.33. The molecule has 4 rings (SSSR count). The molecule has 0 saturated heterocycles. The minimum absolute atomic E-state index is 0.00449. The van der Waals surface area contributed by atoms with E-state index in [4.69, 9.17) is 16.3 Å². The smallest absolute Gasteiger partial charge is 0.410 e. The Bertz CT molecular complexity index is 939. The topological polar surface area (TPSA) is 68.2 Å². The molecule has 2 heterocycles. The minimum atomic E-state index is -4.55. The molecule has 1 aliphatic heterocycles. The number of halogens is 4. The van der Waals surface area contributed by atoms with Crippen LogP contribution in [0.15, 0.2) is 24.3 Å². The highest BCUT2D eigenvalue weighted by molar-refractivity contribution is 6.36. The van der Waals surface area contributed by atoms with E-state index in [1.807, 2.05) is 0 Å². The molecule has 1 saturated carbocycles. The zero-order valence-corrected chi connectivity index (χ0v) is 17.8. The quantitative estimate of drug-likeness (QED) is 0.657. The van der Waals surface area contributed by atoms with Crippen LogP contribution in [-0.4, -0.2) is 35.0 Å². The zero-order chi connectivity index (χ0) is 22.2. The SMILES string of the molecule is COc1ccc([C@@H]2C[C@H](C(F)(F)F)n3nc(C(=O)NC4CCCCC4)c(Cl)c3N2)cc1. The largest absolute Gasteiger partial charge is 0.497 e. The van der Waals surface area contributed by atoms with Gasteiger partial charge in [0.15, 0.2) is 11.7 Å². The van der Waals surface area contributed by atoms with Gasteiger partial charge in [-0.3, -0.25) is 4.79 Å². The normalized spacial score (nSPS) is 21.8. The average molecular weight is 457 g/mol. The zero-order valence-electron chi connectivity index (χ0n) is 17.0. The van der Waals surface area contributed by atoms with E-state index in [-0.39, 0.29) is 29.0 Å². The Morgan fingerprint density at radius 3 is 2.52 bits per heavy atom. The van der Waals surface area contributed by atoms with E-state index in [2.05, 4.69) is 15.7 Å². The average Bonchev–Trinajstić information content (AvgIpc) is 3.10. The van der Waals surface area contributed by atoms with E-state index in [9.17, 15) is 18.0 Å². The Hall–Kier alpha value is -2.42. The fourth-order valence-corrected chi connectivity index (χ4v) is 4.55. The first-order valence-electron chi connectivity index (χ1n) is 10.3. The summed E-state index contributed by atoms with van der Waals surface area (Å²) in [7, 11) is 1.52. The van der Waals surface area contributed by atoms with Crippen molar-refractivity contribution in [3.05, 3.63) is 40.5 Å². The number of methoxy groups -OCH3 is 1. The lowest BCUT2D eigenvalue weighted by molar-refractivity contribution is -0.173. The summed E-state index contributed by atoms with van der Waals surface area (Å²) in [6.45, 7) is 0. The number of rotatable bonds is 4. The Balaban J connectivity index is 1.64. The number of anilines is 1. The van der Waals surface area contributed by atoms with Gasteiger partial charge in [-0.15, -0.1) is 0 Å². The van der Waals surface area contributed by atoms with Crippen molar-refractivity contribution in [3.8, 4) is 5.75 Å². The molecule has 31 heavy (non-hydrogen) atoms. The van der Waals surface area contributed by atoms with Crippen LogP contribution in [0.3, 0.4) is 0 Å². The molecular formula is C21H24ClF3N4O2. The van der Waals surface area contributed by atoms with Gasteiger partial charge in [-0.05, 0) is 30.5 Å². The molecule has 0 spiro atoms. The molecule has 10 heteroatoms. The van der Waals surface area contributed by atoms with E-state index in [0.717, 1.165) is 36.8 Å². The maximum atomic E-state index is 13.9. The van der Waals surface area contributed by atoms with Gasteiger partial charge in [-0.25, -0.2) is 4.68 Å². The number of fused-ring (bicyclic) bond motifs is 1. The lowest BCUT2D eigenvalue weighted by atomic mass is 9.95. The van der Waals surface area contributed by atoms with Gasteiger partial charge in [-0.2, -0.15) is 18.3 Å². The monoisotopic (exact) mass is 456 g/mol. The highest BCUT2D eigenvalue weighted by Crippen LogP contribution is 2.46. The molecular weight excluding hydrogens is 433 g/mol. The lowest BCUT2D eigenvalue weighted by Crippen LogP contribution is -2.37. The first kappa shape index (κ1) is 21.8. The van der Waals surface area contributed by atoms with Crippen LogP contribution in [0.25, 0.3) is 0 Å². The summed E-state index contributed by atoms with van der Waals surface area (Å²) in [5, 5.41) is 9.81. The second-order valence-electron chi connectivity index (χ2n) is 8.03. The van der Waals surface area contributed by atoms with Crippen molar-refractivity contribution >= 4 is 23.3 Å². The second-order valence-corrected chi connectivity index (χ2v) is 8.41. The first-order valence-corrected chi connectivity index (χ1v) is 10.7. The Morgan fingerprint density at radius 2 is 1.90 bits per heavy atom. The standard InChI is InChI=1S/C21H24ClF3N4O2/c1-31-14-9-7-12(8-10-14)15-11-16(21(23,24)25)29-19(27-15)17(22)18(28-29)20(30)26-13-5-3-2-4-6-13/h7-10,13,15-16,27H,2-6,11H2,1H3,(H,26,30)/t15-,16+/m0/s1. The maximum Gasteiger partial charge on any atom is 0.410 e. The van der Waals surface area contributed by atoms with Crippen molar-refractivity contribution in [2.45, 2.75) is 62.8 Å². The molecule has 2 aromatic rings. The van der Waals surface area contributed by atoms with E-state index in [0.29, 0.717) is 11.3 Å². The summed E-state index contributed by atoms with van der Waals surface area (Å²) in [6.07, 6.45) is 0.0212. The van der Waals surface area contributed by atoms with Crippen LogP contribution in [0.4, 0.5) is 19.0 Å². The van der Waals surface area contributed by atoms with Crippen LogP contribution in [0.1, 0.15) is 66.7 Å². The Kier molecular flexibility index (Phi) is 6.05. The molecule has 1 aromatic heterocycles. The molecule has 6 nitrogen and oxygen atoms in total. The fourth-order valence-electron chi connectivity index (χ4n) is 4.29. The lowest BCUT2D eigenvalue weighted by Gasteiger charge is -2.33. The number of benzene rings is 1. The van der Waals surface area contributed by atoms with Gasteiger partial charge < -0.3 is 15.4 Å². The number of nitrogens with one attached hydrogen (secondary N) is 2. The molecule has 1 aliphatic carbocycles. The highest BCUT2D eigenvalue weighted by atomic mass is 35.5. The Morgan fingerprint density at radius 1 is 1.23 bits per heavy atom. The molecule has 2 aliphatic rings. The number of hydrogen-bond acceptors (Lipinski definition) is 4. The van der Waals surface area contributed by atoms with Crippen LogP contribution in [0, 0.1) is 0 Å². The van der Waals surface area contributed by atoms with Crippen molar-refractivity contribution in [2.24, 2.45) is 0 Å². The number of amides is 1. The van der Waals surface area contributed by atoms with Crippen molar-refractivity contribution in [2.75, 3.05) is 12.4 Å². The van der Waals surface area contributed by atoms with E-state index >= 15 is 0 Å². The van der Waals surface area contributed by atoms with Gasteiger partial charge in [0, 0.05) is 12.5 Å². The summed E-state index contributed by atoms with van der Waals surface area (Å²) >= 11 is 6.38. The van der Waals surface area contributed by atoms with Gasteiger partial charge in [-0.1, -0.05) is 43.0 Å². The number of carbonyl (C=O) groups excluding carboxylic acids is 1. The number of alkyl halides is 3. The first-order chi connectivity index (χ1) is 14.8. The predicted molar refractivity (Wildman–Crippen MR) is 111 cm³/mol. The molecule has 1 fully saturated rings. The number of ether oxygens (including phenoxy) is 1. The van der Waals surface area contributed by atoms with Crippen LogP contribution in [0.2, 0.25) is 5.02 Å². The van der Waals surface area contributed by atoms with Crippen molar-refractivity contribution in [1.29, 1.82) is 0 Å². The van der Waals surface area contributed by atoms with Gasteiger partial charge in [0.25, 0.3) is 5.91 Å². The molecule has 1 aromatic carbocycles. The second kappa shape index (κ2) is 8.61. The molecule has 1 amide bonds. The van der Waals surface area contributed by atoms with Gasteiger partial charge >= 0.3 is 6.18 Å². The van der Waals surface area contributed by atoms with Gasteiger partial charge in [0.05, 0.1) is 13.2 Å². The molecule has 0 bridgehead atoms. The summed E-state index contributed by atoms with van der Waals surface area (Å²) in [5.41, 5.74) is 0.478. The molecule has 168 valence electrons. The highest BCUT2D eigenvalue weighted by Gasteiger charge is 2.48. The van der Waals surface area contributed by atoms with Crippen molar-refractivity contribution in [3.63, 3.8) is 0 Å². The van der Waals surface area contributed by atoms with Crippen LogP contribution in [-0.2, 0) is 0 Å². The van der Waals surface area contributed by atoms with Crippen LogP contribution >= 0.6 is 11.6 Å². The van der Waals surface area contributed by atoms with Gasteiger partial charge in [0.2, 0.25) is 0 Å². The number of hydrogen-bond donors (Lipinski definition) is 2. The van der Waals surface area contributed by atoms with E-state index in [1.165, 1.54) is 7.11 Å². The van der Waals surface area contributed by atoms with Crippen molar-refractivity contribution < 1.29 is 22.7 Å². The summed E-state index contributed by atoms with van der Waals surface area (Å²) in [6, 6.07) is 4.25. The summed E-state index contributed by atoms with van der Waals surface area (Å²) < 4.78 is 47.6. The molecule has 2 atom stereocenters. The summed E-state index contributed by atoms with van der Waals surface area (Å²) in [5.74, 6) is 0.0732. The maximum absolute atomic E-state index is 13.9.